The van der Waals surface area contributed by atoms with Crippen LogP contribution in [0.3, 0.4) is 0 Å². The molecule has 0 saturated carbocycles. The second-order valence-corrected chi connectivity index (χ2v) is 11.7. The lowest BCUT2D eigenvalue weighted by Gasteiger charge is -2.31. The second kappa shape index (κ2) is 10.3. The van der Waals surface area contributed by atoms with Crippen molar-refractivity contribution in [1.29, 1.82) is 0 Å². The van der Waals surface area contributed by atoms with Crippen molar-refractivity contribution in [2.24, 2.45) is 4.99 Å². The molecule has 2 aliphatic rings. The number of ether oxygens (including phenoxy) is 2. The fourth-order valence-electron chi connectivity index (χ4n) is 6.39. The van der Waals surface area contributed by atoms with E-state index in [2.05, 4.69) is 60.9 Å². The van der Waals surface area contributed by atoms with Gasteiger partial charge in [0.05, 0.1) is 30.5 Å². The minimum Gasteiger partial charge on any atom is -0.493 e. The first kappa shape index (κ1) is 26.3. The van der Waals surface area contributed by atoms with Crippen LogP contribution in [0.25, 0.3) is 17.5 Å². The van der Waals surface area contributed by atoms with Crippen molar-refractivity contribution in [2.75, 3.05) is 14.2 Å². The minimum atomic E-state index is -0.289. The van der Waals surface area contributed by atoms with Gasteiger partial charge in [-0.2, -0.15) is 0 Å². The van der Waals surface area contributed by atoms with Gasteiger partial charge in [-0.25, -0.2) is 4.99 Å². The molecule has 0 radical (unpaired) electrons. The number of benzene rings is 3. The molecule has 0 spiro atoms. The Morgan fingerprint density at radius 1 is 0.905 bits per heavy atom. The van der Waals surface area contributed by atoms with Gasteiger partial charge in [0.2, 0.25) is 0 Å². The molecule has 210 valence electrons. The number of aromatic nitrogens is 2. The molecule has 1 atom stereocenters. The molecular formula is C35H31N3O3S. The van der Waals surface area contributed by atoms with E-state index in [-0.39, 0.29) is 11.6 Å². The Morgan fingerprint density at radius 2 is 1.67 bits per heavy atom. The summed E-state index contributed by atoms with van der Waals surface area (Å²) in [6.45, 7) is 4.20. The van der Waals surface area contributed by atoms with Crippen molar-refractivity contribution < 1.29 is 9.47 Å². The van der Waals surface area contributed by atoms with Gasteiger partial charge in [-0.3, -0.25) is 9.36 Å². The van der Waals surface area contributed by atoms with E-state index in [1.54, 1.807) is 14.2 Å². The van der Waals surface area contributed by atoms with Gasteiger partial charge in [0.15, 0.2) is 16.3 Å². The van der Waals surface area contributed by atoms with E-state index in [9.17, 15) is 4.79 Å². The van der Waals surface area contributed by atoms with Crippen molar-refractivity contribution in [3.8, 4) is 17.2 Å². The topological polar surface area (TPSA) is 57.8 Å². The Labute approximate surface area is 248 Å². The molecule has 7 heteroatoms. The van der Waals surface area contributed by atoms with Crippen molar-refractivity contribution in [3.63, 3.8) is 0 Å². The molecule has 0 unspecified atom stereocenters. The lowest BCUT2D eigenvalue weighted by molar-refractivity contribution is 0.354. The maximum Gasteiger partial charge on any atom is 0.271 e. The second-order valence-electron chi connectivity index (χ2n) is 10.7. The number of fused-ring (bicyclic) bond motifs is 3. The largest absolute Gasteiger partial charge is 0.493 e. The van der Waals surface area contributed by atoms with E-state index in [4.69, 9.17) is 14.5 Å². The van der Waals surface area contributed by atoms with Gasteiger partial charge in [0, 0.05) is 22.6 Å². The van der Waals surface area contributed by atoms with Crippen molar-refractivity contribution >= 4 is 23.1 Å². The molecule has 0 saturated heterocycles. The molecule has 3 heterocycles. The Morgan fingerprint density at radius 3 is 2.45 bits per heavy atom. The fourth-order valence-corrected chi connectivity index (χ4v) is 7.39. The summed E-state index contributed by atoms with van der Waals surface area (Å²) in [6, 6.07) is 26.6. The van der Waals surface area contributed by atoms with Crippen LogP contribution in [0, 0.1) is 13.8 Å². The number of hydrogen-bond acceptors (Lipinski definition) is 5. The zero-order valence-corrected chi connectivity index (χ0v) is 24.9. The lowest BCUT2D eigenvalue weighted by Crippen LogP contribution is -2.38. The van der Waals surface area contributed by atoms with Gasteiger partial charge in [0.25, 0.3) is 5.56 Å². The first-order valence-electron chi connectivity index (χ1n) is 14.1. The van der Waals surface area contributed by atoms with Gasteiger partial charge in [-0.1, -0.05) is 59.9 Å². The van der Waals surface area contributed by atoms with E-state index in [1.165, 1.54) is 16.9 Å². The molecule has 0 fully saturated rings. The van der Waals surface area contributed by atoms with Gasteiger partial charge in [-0.05, 0) is 85.4 Å². The minimum absolute atomic E-state index is 0.0338. The molecule has 7 rings (SSSR count). The monoisotopic (exact) mass is 573 g/mol. The predicted molar refractivity (Wildman–Crippen MR) is 168 cm³/mol. The molecule has 2 aromatic heterocycles. The molecule has 6 nitrogen and oxygen atoms in total. The highest BCUT2D eigenvalue weighted by atomic mass is 32.1. The summed E-state index contributed by atoms with van der Waals surface area (Å²) in [4.78, 5) is 20.1. The molecule has 1 aliphatic carbocycles. The summed E-state index contributed by atoms with van der Waals surface area (Å²) < 4.78 is 16.0. The molecule has 1 aliphatic heterocycles. The Hall–Kier alpha value is -4.62. The molecule has 5 aromatic rings. The number of hydrogen-bond donors (Lipinski definition) is 0. The molecule has 0 N–H and O–H groups in total. The number of nitrogens with zero attached hydrogens (tertiary/aromatic N) is 3. The Balaban J connectivity index is 1.45. The summed E-state index contributed by atoms with van der Waals surface area (Å²) in [5.41, 5.74) is 9.85. The van der Waals surface area contributed by atoms with E-state index in [0.29, 0.717) is 20.8 Å². The van der Waals surface area contributed by atoms with Crippen molar-refractivity contribution in [2.45, 2.75) is 32.7 Å². The summed E-state index contributed by atoms with van der Waals surface area (Å²) >= 11 is 1.45. The normalized spacial score (nSPS) is 16.0. The smallest absolute Gasteiger partial charge is 0.271 e. The van der Waals surface area contributed by atoms with Crippen LogP contribution in [-0.2, 0) is 6.42 Å². The van der Waals surface area contributed by atoms with Crippen LogP contribution < -0.4 is 24.4 Å². The number of thiazole rings is 1. The standard InChI is InChI=1S/C35H31N3O3S/c1-21-18-25(22(2)37(21)26-11-6-5-7-12-26)20-31-34(39)38-33(24-15-17-29(40-3)30(19-24)41-4)28-16-14-23-10-8-9-13-27(23)32(28)36-35(38)42-31/h5-13,15,17-20,33H,14,16H2,1-4H3/b31-20+/t33-/m1/s1. The Bertz CT molecular complexity index is 2060. The van der Waals surface area contributed by atoms with Crippen LogP contribution in [0.1, 0.15) is 46.1 Å². The maximum atomic E-state index is 14.3. The quantitative estimate of drug-likeness (QED) is 0.269. The van der Waals surface area contributed by atoms with Gasteiger partial charge >= 0.3 is 0 Å². The lowest BCUT2D eigenvalue weighted by atomic mass is 9.83. The van der Waals surface area contributed by atoms with Crippen molar-refractivity contribution in [3.05, 3.63) is 138 Å². The highest BCUT2D eigenvalue weighted by molar-refractivity contribution is 7.07. The van der Waals surface area contributed by atoms with Crippen LogP contribution in [0.15, 0.2) is 94.2 Å². The third-order valence-corrected chi connectivity index (χ3v) is 9.35. The number of allylic oxidation sites excluding steroid dienone is 1. The third-order valence-electron chi connectivity index (χ3n) is 8.37. The maximum absolute atomic E-state index is 14.3. The summed E-state index contributed by atoms with van der Waals surface area (Å²) in [5.74, 6) is 1.30. The first-order chi connectivity index (χ1) is 20.5. The van der Waals surface area contributed by atoms with E-state index in [0.717, 1.165) is 57.9 Å². The van der Waals surface area contributed by atoms with Crippen LogP contribution in [0.2, 0.25) is 0 Å². The first-order valence-corrected chi connectivity index (χ1v) is 14.9. The average Bonchev–Trinajstić information content (AvgIpc) is 3.49. The SMILES string of the molecule is COc1ccc([C@@H]2C3=C(N=c4s/c(=C/c5cc(C)n(-c6ccccc6)c5C)c(=O)n42)c2ccccc2CC3)cc1OC. The van der Waals surface area contributed by atoms with Crippen LogP contribution >= 0.6 is 11.3 Å². The molecular weight excluding hydrogens is 542 g/mol. The summed E-state index contributed by atoms with van der Waals surface area (Å²) in [5, 5.41) is 0. The van der Waals surface area contributed by atoms with Gasteiger partial charge < -0.3 is 14.0 Å². The number of aryl methyl sites for hydroxylation is 2. The third kappa shape index (κ3) is 4.15. The van der Waals surface area contributed by atoms with Gasteiger partial charge in [0.1, 0.15) is 0 Å². The average molecular weight is 574 g/mol. The molecule has 0 bridgehead atoms. The molecule has 0 amide bonds. The van der Waals surface area contributed by atoms with Crippen LogP contribution in [0.4, 0.5) is 0 Å². The summed E-state index contributed by atoms with van der Waals surface area (Å²) in [7, 11) is 3.27. The van der Waals surface area contributed by atoms with Crippen molar-refractivity contribution in [1.82, 2.24) is 9.13 Å². The zero-order chi connectivity index (χ0) is 29.0. The van der Waals surface area contributed by atoms with E-state index in [1.807, 2.05) is 47.0 Å². The molecule has 42 heavy (non-hydrogen) atoms. The molecule has 3 aromatic carbocycles. The number of para-hydroxylation sites is 1. The summed E-state index contributed by atoms with van der Waals surface area (Å²) in [6.07, 6.45) is 3.76. The van der Waals surface area contributed by atoms with E-state index >= 15 is 0 Å². The van der Waals surface area contributed by atoms with Crippen LogP contribution in [-0.4, -0.2) is 23.4 Å². The highest BCUT2D eigenvalue weighted by Gasteiger charge is 2.33. The number of rotatable bonds is 5. The van der Waals surface area contributed by atoms with Crippen LogP contribution in [0.5, 0.6) is 11.5 Å². The van der Waals surface area contributed by atoms with Gasteiger partial charge in [-0.15, -0.1) is 0 Å². The zero-order valence-electron chi connectivity index (χ0n) is 24.0. The Kier molecular flexibility index (Phi) is 6.47. The predicted octanol–water partition coefficient (Wildman–Crippen LogP) is 5.74. The number of methoxy groups -OCH3 is 2. The highest BCUT2D eigenvalue weighted by Crippen LogP contribution is 2.42. The fraction of sp³-hybridized carbons (Fsp3) is 0.200. The van der Waals surface area contributed by atoms with E-state index < -0.39 is 0 Å².